The summed E-state index contributed by atoms with van der Waals surface area (Å²) in [4.78, 5) is 24.8. The minimum Gasteiger partial charge on any atom is -0.373 e. The highest BCUT2D eigenvalue weighted by Gasteiger charge is 2.22. The second-order valence-corrected chi connectivity index (χ2v) is 5.68. The molecule has 0 spiro atoms. The van der Waals surface area contributed by atoms with Gasteiger partial charge in [-0.3, -0.25) is 4.79 Å². The van der Waals surface area contributed by atoms with Gasteiger partial charge in [0.1, 0.15) is 23.8 Å². The lowest BCUT2D eigenvalue weighted by Crippen LogP contribution is -2.49. The Kier molecular flexibility index (Phi) is 4.88. The third-order valence-electron chi connectivity index (χ3n) is 4.13. The maximum absolute atomic E-state index is 12.9. The van der Waals surface area contributed by atoms with E-state index in [1.807, 2.05) is 18.0 Å². The van der Waals surface area contributed by atoms with E-state index >= 15 is 0 Å². The van der Waals surface area contributed by atoms with Crippen molar-refractivity contribution < 1.29 is 9.18 Å². The van der Waals surface area contributed by atoms with Crippen LogP contribution in [0.5, 0.6) is 0 Å². The second-order valence-electron chi connectivity index (χ2n) is 5.68. The van der Waals surface area contributed by atoms with E-state index in [1.54, 1.807) is 12.1 Å². The Balaban J connectivity index is 1.56. The highest BCUT2D eigenvalue weighted by molar-refractivity contribution is 5.79. The molecule has 126 valence electrons. The number of piperazine rings is 1. The Hall–Kier alpha value is -2.70. The quantitative estimate of drug-likeness (QED) is 0.922. The van der Waals surface area contributed by atoms with Crippen LogP contribution in [0.2, 0.25) is 0 Å². The number of carbonyl (C=O) groups excluding carboxylic acids is 1. The largest absolute Gasteiger partial charge is 0.373 e. The van der Waals surface area contributed by atoms with Gasteiger partial charge in [-0.15, -0.1) is 0 Å². The zero-order chi connectivity index (χ0) is 16.9. The first-order valence-electron chi connectivity index (χ1n) is 7.92. The fourth-order valence-electron chi connectivity index (χ4n) is 2.73. The molecule has 0 bridgehead atoms. The summed E-state index contributed by atoms with van der Waals surface area (Å²) in [5.74, 6) is 1.42. The van der Waals surface area contributed by atoms with Crippen molar-refractivity contribution in [3.8, 4) is 0 Å². The summed E-state index contributed by atoms with van der Waals surface area (Å²) in [6.45, 7) is 2.77. The highest BCUT2D eigenvalue weighted by atomic mass is 19.1. The van der Waals surface area contributed by atoms with Crippen LogP contribution in [0.25, 0.3) is 0 Å². The Morgan fingerprint density at radius 1 is 1.17 bits per heavy atom. The van der Waals surface area contributed by atoms with Crippen LogP contribution in [0.4, 0.5) is 16.0 Å². The SMILES string of the molecule is CNc1cc(N2CCN(C(=O)Cc3ccc(F)cc3)CC2)ncn1. The fourth-order valence-corrected chi connectivity index (χ4v) is 2.73. The molecular weight excluding hydrogens is 309 g/mol. The number of carbonyl (C=O) groups is 1. The molecule has 0 radical (unpaired) electrons. The number of rotatable bonds is 4. The molecule has 0 unspecified atom stereocenters. The Labute approximate surface area is 140 Å². The van der Waals surface area contributed by atoms with Crippen molar-refractivity contribution in [2.24, 2.45) is 0 Å². The van der Waals surface area contributed by atoms with Crippen LogP contribution in [0.15, 0.2) is 36.7 Å². The topological polar surface area (TPSA) is 61.4 Å². The van der Waals surface area contributed by atoms with Gasteiger partial charge in [-0.2, -0.15) is 0 Å². The molecule has 1 fully saturated rings. The van der Waals surface area contributed by atoms with E-state index in [1.165, 1.54) is 18.5 Å². The molecule has 7 heteroatoms. The lowest BCUT2D eigenvalue weighted by Gasteiger charge is -2.35. The first-order valence-corrected chi connectivity index (χ1v) is 7.92. The van der Waals surface area contributed by atoms with Crippen LogP contribution in [0, 0.1) is 5.82 Å². The minimum atomic E-state index is -0.286. The number of nitrogens with zero attached hydrogens (tertiary/aromatic N) is 4. The molecule has 2 heterocycles. The second kappa shape index (κ2) is 7.25. The van der Waals surface area contributed by atoms with Gasteiger partial charge >= 0.3 is 0 Å². The number of hydrogen-bond donors (Lipinski definition) is 1. The number of hydrogen-bond acceptors (Lipinski definition) is 5. The van der Waals surface area contributed by atoms with Crippen LogP contribution in [-0.2, 0) is 11.2 Å². The molecule has 0 aliphatic carbocycles. The zero-order valence-electron chi connectivity index (χ0n) is 13.6. The molecule has 1 N–H and O–H groups in total. The van der Waals surface area contributed by atoms with Crippen molar-refractivity contribution in [2.45, 2.75) is 6.42 Å². The van der Waals surface area contributed by atoms with Gasteiger partial charge in [-0.05, 0) is 17.7 Å². The average Bonchev–Trinajstić information content (AvgIpc) is 2.64. The van der Waals surface area contributed by atoms with E-state index in [4.69, 9.17) is 0 Å². The molecule has 1 aliphatic heterocycles. The van der Waals surface area contributed by atoms with Crippen LogP contribution in [-0.4, -0.2) is 54.0 Å². The van der Waals surface area contributed by atoms with Gasteiger partial charge < -0.3 is 15.1 Å². The molecule has 1 aromatic heterocycles. The summed E-state index contributed by atoms with van der Waals surface area (Å²) >= 11 is 0. The molecule has 1 saturated heterocycles. The summed E-state index contributed by atoms with van der Waals surface area (Å²) in [5, 5.41) is 3.00. The van der Waals surface area contributed by atoms with E-state index < -0.39 is 0 Å². The molecule has 0 saturated carbocycles. The molecule has 6 nitrogen and oxygen atoms in total. The van der Waals surface area contributed by atoms with Gasteiger partial charge in [-0.25, -0.2) is 14.4 Å². The van der Waals surface area contributed by atoms with Gasteiger partial charge in [0, 0.05) is 39.3 Å². The van der Waals surface area contributed by atoms with Crippen molar-refractivity contribution in [1.82, 2.24) is 14.9 Å². The summed E-state index contributed by atoms with van der Waals surface area (Å²) in [6, 6.07) is 7.98. The van der Waals surface area contributed by atoms with E-state index in [-0.39, 0.29) is 11.7 Å². The molecule has 2 aromatic rings. The first-order chi connectivity index (χ1) is 11.7. The third-order valence-corrected chi connectivity index (χ3v) is 4.13. The standard InChI is InChI=1S/C17H20FN5O/c1-19-15-11-16(21-12-20-15)22-6-8-23(9-7-22)17(24)10-13-2-4-14(18)5-3-13/h2-5,11-12H,6-10H2,1H3,(H,19,20,21). The van der Waals surface area contributed by atoms with Crippen molar-refractivity contribution >= 4 is 17.5 Å². The number of benzene rings is 1. The Morgan fingerprint density at radius 2 is 1.88 bits per heavy atom. The van der Waals surface area contributed by atoms with Gasteiger partial charge in [0.2, 0.25) is 5.91 Å². The maximum Gasteiger partial charge on any atom is 0.227 e. The van der Waals surface area contributed by atoms with Gasteiger partial charge in [0.15, 0.2) is 0 Å². The predicted molar refractivity (Wildman–Crippen MR) is 90.5 cm³/mol. The third kappa shape index (κ3) is 3.79. The fraction of sp³-hybridized carbons (Fsp3) is 0.353. The predicted octanol–water partition coefficient (Wildman–Crippen LogP) is 1.55. The maximum atomic E-state index is 12.9. The smallest absolute Gasteiger partial charge is 0.227 e. The van der Waals surface area contributed by atoms with E-state index in [0.717, 1.165) is 30.3 Å². The molecule has 0 atom stereocenters. The summed E-state index contributed by atoms with van der Waals surface area (Å²) in [6.07, 6.45) is 1.84. The Morgan fingerprint density at radius 3 is 2.54 bits per heavy atom. The van der Waals surface area contributed by atoms with Crippen molar-refractivity contribution in [3.63, 3.8) is 0 Å². The molecule has 1 aromatic carbocycles. The monoisotopic (exact) mass is 329 g/mol. The molecule has 1 amide bonds. The average molecular weight is 329 g/mol. The summed E-state index contributed by atoms with van der Waals surface area (Å²) in [5.41, 5.74) is 0.832. The van der Waals surface area contributed by atoms with E-state index in [2.05, 4.69) is 20.2 Å². The van der Waals surface area contributed by atoms with Gasteiger partial charge in [0.05, 0.1) is 6.42 Å². The van der Waals surface area contributed by atoms with Crippen LogP contribution >= 0.6 is 0 Å². The highest BCUT2D eigenvalue weighted by Crippen LogP contribution is 2.16. The van der Waals surface area contributed by atoms with Gasteiger partial charge in [0.25, 0.3) is 0 Å². The lowest BCUT2D eigenvalue weighted by molar-refractivity contribution is -0.130. The number of halogens is 1. The van der Waals surface area contributed by atoms with Crippen LogP contribution in [0.3, 0.4) is 0 Å². The number of amides is 1. The molecule has 24 heavy (non-hydrogen) atoms. The number of nitrogens with one attached hydrogen (secondary N) is 1. The lowest BCUT2D eigenvalue weighted by atomic mass is 10.1. The molecule has 1 aliphatic rings. The molecular formula is C17H20FN5O. The normalized spacial score (nSPS) is 14.6. The first kappa shape index (κ1) is 16.2. The Bertz CT molecular complexity index is 698. The molecule has 3 rings (SSSR count). The summed E-state index contributed by atoms with van der Waals surface area (Å²) in [7, 11) is 1.82. The number of anilines is 2. The van der Waals surface area contributed by atoms with Crippen LogP contribution in [0.1, 0.15) is 5.56 Å². The number of aromatic nitrogens is 2. The van der Waals surface area contributed by atoms with Crippen LogP contribution < -0.4 is 10.2 Å². The van der Waals surface area contributed by atoms with Crippen molar-refractivity contribution in [2.75, 3.05) is 43.4 Å². The van der Waals surface area contributed by atoms with Gasteiger partial charge in [-0.1, -0.05) is 12.1 Å². The van der Waals surface area contributed by atoms with E-state index in [9.17, 15) is 9.18 Å². The van der Waals surface area contributed by atoms with E-state index in [0.29, 0.717) is 19.5 Å². The minimum absolute atomic E-state index is 0.0693. The van der Waals surface area contributed by atoms with Crippen molar-refractivity contribution in [3.05, 3.63) is 48.0 Å². The zero-order valence-corrected chi connectivity index (χ0v) is 13.6. The van der Waals surface area contributed by atoms with Crippen molar-refractivity contribution in [1.29, 1.82) is 0 Å². The summed E-state index contributed by atoms with van der Waals surface area (Å²) < 4.78 is 12.9.